The normalized spacial score (nSPS) is 10.9. The number of phenols is 1. The molecule has 3 rings (SSSR count). The van der Waals surface area contributed by atoms with Crippen molar-refractivity contribution in [2.45, 2.75) is 39.2 Å². The number of aromatic carboxylic acids is 1. The second-order valence-corrected chi connectivity index (χ2v) is 7.03. The van der Waals surface area contributed by atoms with Crippen molar-refractivity contribution in [1.82, 2.24) is 14.7 Å². The molecule has 3 aromatic rings. The van der Waals surface area contributed by atoms with E-state index in [1.807, 2.05) is 6.92 Å². The van der Waals surface area contributed by atoms with Gasteiger partial charge in [0.15, 0.2) is 0 Å². The van der Waals surface area contributed by atoms with Gasteiger partial charge in [0.05, 0.1) is 5.69 Å². The summed E-state index contributed by atoms with van der Waals surface area (Å²) >= 11 is 6.17. The zero-order chi connectivity index (χ0) is 21.7. The number of benzene rings is 1. The molecule has 0 atom stereocenters. The summed E-state index contributed by atoms with van der Waals surface area (Å²) in [5, 5.41) is 25.3. The van der Waals surface area contributed by atoms with Crippen LogP contribution in [0.1, 0.15) is 42.4 Å². The number of aromatic hydroxyl groups is 1. The van der Waals surface area contributed by atoms with E-state index >= 15 is 0 Å². The van der Waals surface area contributed by atoms with Gasteiger partial charge in [-0.05, 0) is 30.7 Å². The molecular formula is C20H21ClN4O5. The molecule has 0 aliphatic carbocycles. The Bertz CT molecular complexity index is 1040. The molecule has 0 aliphatic heterocycles. The predicted molar refractivity (Wildman–Crippen MR) is 110 cm³/mol. The van der Waals surface area contributed by atoms with Gasteiger partial charge in [0.1, 0.15) is 16.5 Å². The van der Waals surface area contributed by atoms with E-state index in [9.17, 15) is 19.8 Å². The highest BCUT2D eigenvalue weighted by Gasteiger charge is 2.22. The van der Waals surface area contributed by atoms with Crippen molar-refractivity contribution < 1.29 is 24.3 Å². The number of aryl methyl sites for hydroxylation is 2. The fourth-order valence-electron chi connectivity index (χ4n) is 2.84. The van der Waals surface area contributed by atoms with Crippen LogP contribution in [0.5, 0.6) is 5.75 Å². The Morgan fingerprint density at radius 3 is 2.67 bits per heavy atom. The van der Waals surface area contributed by atoms with Crippen LogP contribution in [0.25, 0.3) is 11.4 Å². The van der Waals surface area contributed by atoms with Gasteiger partial charge in [-0.3, -0.25) is 4.79 Å². The summed E-state index contributed by atoms with van der Waals surface area (Å²) in [6, 6.07) is 6.32. The molecule has 1 amide bonds. The van der Waals surface area contributed by atoms with Gasteiger partial charge in [-0.15, -0.1) is 0 Å². The molecule has 0 unspecified atom stereocenters. The number of nitrogens with one attached hydrogen (secondary N) is 1. The highest BCUT2D eigenvalue weighted by Crippen LogP contribution is 2.28. The fraction of sp³-hybridized carbons (Fsp3) is 0.300. The molecule has 2 aromatic heterocycles. The van der Waals surface area contributed by atoms with E-state index in [1.54, 1.807) is 16.7 Å². The van der Waals surface area contributed by atoms with Crippen LogP contribution in [-0.2, 0) is 17.8 Å². The van der Waals surface area contributed by atoms with E-state index in [4.69, 9.17) is 16.1 Å². The van der Waals surface area contributed by atoms with E-state index in [-0.39, 0.29) is 40.9 Å². The minimum absolute atomic E-state index is 0.0219. The highest BCUT2D eigenvalue weighted by molar-refractivity contribution is 6.33. The van der Waals surface area contributed by atoms with Crippen molar-refractivity contribution in [3.8, 4) is 17.1 Å². The summed E-state index contributed by atoms with van der Waals surface area (Å²) in [7, 11) is 0. The quantitative estimate of drug-likeness (QED) is 0.466. The molecule has 0 radical (unpaired) electrons. The first kappa shape index (κ1) is 21.4. The van der Waals surface area contributed by atoms with Crippen molar-refractivity contribution >= 4 is 29.2 Å². The average Bonchev–Trinajstić information content (AvgIpc) is 3.30. The van der Waals surface area contributed by atoms with Gasteiger partial charge in [0, 0.05) is 31.1 Å². The number of aromatic nitrogens is 3. The van der Waals surface area contributed by atoms with Gasteiger partial charge >= 0.3 is 5.97 Å². The predicted octanol–water partition coefficient (Wildman–Crippen LogP) is 3.97. The largest absolute Gasteiger partial charge is 0.508 e. The van der Waals surface area contributed by atoms with Gasteiger partial charge in [-0.25, -0.2) is 4.79 Å². The zero-order valence-electron chi connectivity index (χ0n) is 16.3. The SMILES string of the molecule is CCCCn1cc(NC(=O)CCc2nc(-c3ccc(O)cc3)no2)c(C(=O)O)c1Cl. The molecule has 9 nitrogen and oxygen atoms in total. The molecule has 0 saturated carbocycles. The Morgan fingerprint density at radius 1 is 1.27 bits per heavy atom. The molecule has 0 bridgehead atoms. The average molecular weight is 433 g/mol. The second-order valence-electron chi connectivity index (χ2n) is 6.67. The number of hydrogen-bond donors (Lipinski definition) is 3. The molecule has 30 heavy (non-hydrogen) atoms. The molecule has 158 valence electrons. The van der Waals surface area contributed by atoms with Gasteiger partial charge < -0.3 is 24.6 Å². The van der Waals surface area contributed by atoms with Gasteiger partial charge in [0.2, 0.25) is 17.6 Å². The smallest absolute Gasteiger partial charge is 0.340 e. The summed E-state index contributed by atoms with van der Waals surface area (Å²) in [5.41, 5.74) is 0.693. The minimum Gasteiger partial charge on any atom is -0.508 e. The minimum atomic E-state index is -1.21. The second kappa shape index (κ2) is 9.45. The van der Waals surface area contributed by atoms with E-state index in [0.29, 0.717) is 17.9 Å². The van der Waals surface area contributed by atoms with Gasteiger partial charge in [-0.1, -0.05) is 30.1 Å². The molecule has 0 saturated heterocycles. The van der Waals surface area contributed by atoms with Crippen LogP contribution in [-0.4, -0.2) is 36.8 Å². The number of hydrogen-bond acceptors (Lipinski definition) is 6. The molecule has 10 heteroatoms. The number of carbonyl (C=O) groups is 2. The monoisotopic (exact) mass is 432 g/mol. The molecule has 1 aromatic carbocycles. The van der Waals surface area contributed by atoms with Crippen LogP contribution in [0.3, 0.4) is 0 Å². The zero-order valence-corrected chi connectivity index (χ0v) is 17.0. The maximum absolute atomic E-state index is 12.3. The summed E-state index contributed by atoms with van der Waals surface area (Å²) in [5.74, 6) is -0.862. The lowest BCUT2D eigenvalue weighted by molar-refractivity contribution is -0.116. The van der Waals surface area contributed by atoms with Gasteiger partial charge in [0.25, 0.3) is 0 Å². The summed E-state index contributed by atoms with van der Waals surface area (Å²) in [6.45, 7) is 2.58. The number of carboxylic acids is 1. The number of unbranched alkanes of at least 4 members (excludes halogenated alkanes) is 1. The Balaban J connectivity index is 1.64. The number of rotatable bonds is 9. The third kappa shape index (κ3) is 4.98. The van der Waals surface area contributed by atoms with Crippen molar-refractivity contribution in [2.75, 3.05) is 5.32 Å². The van der Waals surface area contributed by atoms with E-state index < -0.39 is 11.9 Å². The fourth-order valence-corrected chi connectivity index (χ4v) is 3.15. The van der Waals surface area contributed by atoms with E-state index in [2.05, 4.69) is 15.5 Å². The summed E-state index contributed by atoms with van der Waals surface area (Å²) < 4.78 is 6.77. The molecule has 0 spiro atoms. The standard InChI is InChI=1S/C20H21ClN4O5/c1-2-3-10-25-11-14(17(18(25)21)20(28)29)22-15(27)8-9-16-23-19(24-30-16)12-4-6-13(26)7-5-12/h4-7,11,26H,2-3,8-10H2,1H3,(H,22,27)(H,28,29). The Labute approximate surface area is 177 Å². The van der Waals surface area contributed by atoms with Gasteiger partial charge in [-0.2, -0.15) is 4.98 Å². The summed E-state index contributed by atoms with van der Waals surface area (Å²) in [6.07, 6.45) is 3.50. The molecule has 0 aliphatic rings. The number of nitrogens with zero attached hydrogens (tertiary/aromatic N) is 3. The van der Waals surface area contributed by atoms with Crippen LogP contribution < -0.4 is 5.32 Å². The third-order valence-corrected chi connectivity index (χ3v) is 4.82. The molecule has 0 fully saturated rings. The molecular weight excluding hydrogens is 412 g/mol. The first-order chi connectivity index (χ1) is 14.4. The lowest BCUT2D eigenvalue weighted by atomic mass is 10.2. The first-order valence-electron chi connectivity index (χ1n) is 9.42. The van der Waals surface area contributed by atoms with Crippen molar-refractivity contribution in [1.29, 1.82) is 0 Å². The Morgan fingerprint density at radius 2 is 2.00 bits per heavy atom. The number of anilines is 1. The number of phenolic OH excluding ortho intramolecular Hbond substituents is 1. The first-order valence-corrected chi connectivity index (χ1v) is 9.80. The molecule has 3 N–H and O–H groups in total. The van der Waals surface area contributed by atoms with Crippen LogP contribution in [0, 0.1) is 0 Å². The van der Waals surface area contributed by atoms with Crippen molar-refractivity contribution in [3.05, 3.63) is 47.1 Å². The third-order valence-electron chi connectivity index (χ3n) is 4.41. The maximum atomic E-state index is 12.3. The van der Waals surface area contributed by atoms with Crippen LogP contribution in [0.4, 0.5) is 5.69 Å². The lowest BCUT2D eigenvalue weighted by Gasteiger charge is -2.03. The Hall–Kier alpha value is -3.33. The van der Waals surface area contributed by atoms with E-state index in [0.717, 1.165) is 12.8 Å². The number of halogens is 1. The number of carbonyl (C=O) groups excluding carboxylic acids is 1. The summed E-state index contributed by atoms with van der Waals surface area (Å²) in [4.78, 5) is 28.1. The number of amides is 1. The van der Waals surface area contributed by atoms with Crippen LogP contribution >= 0.6 is 11.6 Å². The van der Waals surface area contributed by atoms with Crippen LogP contribution in [0.15, 0.2) is 35.0 Å². The topological polar surface area (TPSA) is 130 Å². The van der Waals surface area contributed by atoms with E-state index in [1.165, 1.54) is 18.3 Å². The maximum Gasteiger partial charge on any atom is 0.340 e. The number of carboxylic acid groups (broad SMARTS) is 1. The molecule has 2 heterocycles. The lowest BCUT2D eigenvalue weighted by Crippen LogP contribution is -2.14. The van der Waals surface area contributed by atoms with Crippen molar-refractivity contribution in [2.24, 2.45) is 0 Å². The Kier molecular flexibility index (Phi) is 6.73. The van der Waals surface area contributed by atoms with Crippen molar-refractivity contribution in [3.63, 3.8) is 0 Å². The van der Waals surface area contributed by atoms with Crippen LogP contribution in [0.2, 0.25) is 5.15 Å². The highest BCUT2D eigenvalue weighted by atomic mass is 35.5.